The lowest BCUT2D eigenvalue weighted by atomic mass is 9.98. The van der Waals surface area contributed by atoms with Gasteiger partial charge in [-0.1, -0.05) is 17.7 Å². The molecule has 4 rings (SSSR count). The molecule has 218 valence electrons. The van der Waals surface area contributed by atoms with Crippen molar-refractivity contribution in [2.45, 2.75) is 32.0 Å². The van der Waals surface area contributed by atoms with Gasteiger partial charge >= 0.3 is 6.18 Å². The summed E-state index contributed by atoms with van der Waals surface area (Å²) in [6.45, 7) is 2.60. The van der Waals surface area contributed by atoms with Crippen molar-refractivity contribution in [2.75, 3.05) is 56.0 Å². The number of piperidine rings is 1. The molecule has 1 atom stereocenters. The maximum Gasteiger partial charge on any atom is 0.390 e. The highest BCUT2D eigenvalue weighted by Crippen LogP contribution is 2.31. The molecule has 0 spiro atoms. The molecule has 2 saturated heterocycles. The van der Waals surface area contributed by atoms with Crippen LogP contribution in [0.2, 0.25) is 5.02 Å². The summed E-state index contributed by atoms with van der Waals surface area (Å²) < 4.78 is 67.5. The Labute approximate surface area is 234 Å². The molecule has 7 nitrogen and oxygen atoms in total. The van der Waals surface area contributed by atoms with Crippen LogP contribution in [0, 0.1) is 17.6 Å². The van der Waals surface area contributed by atoms with Crippen LogP contribution in [0.4, 0.5) is 33.3 Å². The van der Waals surface area contributed by atoms with Gasteiger partial charge in [0.2, 0.25) is 5.91 Å². The number of hydrogen-bond acceptors (Lipinski definition) is 5. The first-order valence-electron chi connectivity index (χ1n) is 13.1. The van der Waals surface area contributed by atoms with E-state index in [1.165, 1.54) is 18.2 Å². The number of piperazine rings is 1. The third kappa shape index (κ3) is 7.82. The van der Waals surface area contributed by atoms with Crippen LogP contribution in [0.1, 0.15) is 35.2 Å². The summed E-state index contributed by atoms with van der Waals surface area (Å²) in [5.41, 5.74) is 0.229. The van der Waals surface area contributed by atoms with E-state index in [9.17, 15) is 31.5 Å². The van der Waals surface area contributed by atoms with Crippen LogP contribution >= 0.6 is 11.6 Å². The normalized spacial score (nSPS) is 18.4. The molecule has 40 heavy (non-hydrogen) atoms. The molecule has 0 bridgehead atoms. The predicted molar refractivity (Wildman–Crippen MR) is 143 cm³/mol. The van der Waals surface area contributed by atoms with Crippen molar-refractivity contribution in [1.82, 2.24) is 15.5 Å². The molecule has 2 fully saturated rings. The molecule has 2 amide bonds. The lowest BCUT2D eigenvalue weighted by Crippen LogP contribution is -2.47. The number of rotatable bonds is 8. The van der Waals surface area contributed by atoms with E-state index < -0.39 is 35.7 Å². The van der Waals surface area contributed by atoms with E-state index in [1.807, 2.05) is 4.90 Å². The van der Waals surface area contributed by atoms with E-state index in [-0.39, 0.29) is 30.5 Å². The minimum absolute atomic E-state index is 0.0817. The molecule has 2 aromatic rings. The van der Waals surface area contributed by atoms with Gasteiger partial charge in [0.25, 0.3) is 5.91 Å². The topological polar surface area (TPSA) is 76.7 Å². The largest absolute Gasteiger partial charge is 0.390 e. The van der Waals surface area contributed by atoms with Crippen LogP contribution < -0.4 is 20.9 Å². The molecule has 0 aliphatic carbocycles. The molecular formula is C27H31ClF5N5O2. The molecule has 0 saturated carbocycles. The van der Waals surface area contributed by atoms with Crippen LogP contribution in [-0.2, 0) is 11.3 Å². The highest BCUT2D eigenvalue weighted by molar-refractivity contribution is 6.31. The summed E-state index contributed by atoms with van der Waals surface area (Å²) in [7, 11) is 0. The maximum absolute atomic E-state index is 14.9. The molecule has 2 aliphatic heterocycles. The monoisotopic (exact) mass is 587 g/mol. The summed E-state index contributed by atoms with van der Waals surface area (Å²) in [6.07, 6.45) is -3.54. The van der Waals surface area contributed by atoms with Gasteiger partial charge < -0.3 is 20.9 Å². The fraction of sp³-hybridized carbons (Fsp3) is 0.481. The van der Waals surface area contributed by atoms with Crippen molar-refractivity contribution in [3.05, 3.63) is 58.1 Å². The van der Waals surface area contributed by atoms with Gasteiger partial charge in [-0.25, -0.2) is 8.78 Å². The predicted octanol–water partition coefficient (Wildman–Crippen LogP) is 4.56. The Balaban J connectivity index is 1.40. The Morgan fingerprint density at radius 1 is 1.05 bits per heavy atom. The van der Waals surface area contributed by atoms with E-state index >= 15 is 0 Å². The van der Waals surface area contributed by atoms with E-state index in [1.54, 1.807) is 11.0 Å². The Morgan fingerprint density at radius 3 is 2.48 bits per heavy atom. The first kappa shape index (κ1) is 30.0. The van der Waals surface area contributed by atoms with E-state index in [0.29, 0.717) is 49.1 Å². The molecule has 13 heteroatoms. The van der Waals surface area contributed by atoms with Crippen molar-refractivity contribution >= 4 is 34.8 Å². The number of anilines is 2. The van der Waals surface area contributed by atoms with Crippen molar-refractivity contribution in [3.8, 4) is 0 Å². The maximum atomic E-state index is 14.9. The van der Waals surface area contributed by atoms with Crippen LogP contribution in [0.25, 0.3) is 0 Å². The van der Waals surface area contributed by atoms with Crippen molar-refractivity contribution in [3.63, 3.8) is 0 Å². The Bertz CT molecular complexity index is 1210. The number of amides is 2. The third-order valence-corrected chi connectivity index (χ3v) is 7.40. The molecule has 0 unspecified atom stereocenters. The zero-order valence-corrected chi connectivity index (χ0v) is 22.5. The molecular weight excluding hydrogens is 557 g/mol. The number of nitrogens with one attached hydrogen (secondary N) is 3. The lowest BCUT2D eigenvalue weighted by molar-refractivity contribution is -0.138. The zero-order chi connectivity index (χ0) is 28.9. The van der Waals surface area contributed by atoms with Crippen LogP contribution in [0.3, 0.4) is 0 Å². The fourth-order valence-electron chi connectivity index (χ4n) is 4.86. The third-order valence-electron chi connectivity index (χ3n) is 7.16. The highest BCUT2D eigenvalue weighted by atomic mass is 35.5. The first-order chi connectivity index (χ1) is 19.0. The van der Waals surface area contributed by atoms with Crippen LogP contribution in [0.15, 0.2) is 30.3 Å². The van der Waals surface area contributed by atoms with Gasteiger partial charge in [0.1, 0.15) is 0 Å². The molecule has 3 N–H and O–H groups in total. The molecule has 0 aromatic heterocycles. The van der Waals surface area contributed by atoms with E-state index in [0.717, 1.165) is 25.5 Å². The van der Waals surface area contributed by atoms with Gasteiger partial charge in [0.15, 0.2) is 11.6 Å². The average molecular weight is 588 g/mol. The number of carbonyl (C=O) groups excluding carboxylic acids is 2. The Hall–Kier alpha value is -2.96. The smallest absolute Gasteiger partial charge is 0.367 e. The van der Waals surface area contributed by atoms with E-state index in [2.05, 4.69) is 16.0 Å². The lowest BCUT2D eigenvalue weighted by Gasteiger charge is -2.37. The highest BCUT2D eigenvalue weighted by Gasteiger charge is 2.29. The standard InChI is InChI=1S/C27H31ClF5N5O2/c28-19-4-6-21(22(14-19)38-12-10-37(11-13-38)9-7-27(31,32)33)36-26(40)20-5-3-17(23(29)24(20)30)16-35-25(39)18-2-1-8-34-15-18/h3-6,14,18,34H,1-2,7-13,15-16H2,(H,35,39)(H,36,40)/t18-/m0/s1. The van der Waals surface area contributed by atoms with Gasteiger partial charge in [-0.05, 0) is 43.7 Å². The second kappa shape index (κ2) is 13.1. The summed E-state index contributed by atoms with van der Waals surface area (Å²) >= 11 is 6.17. The zero-order valence-electron chi connectivity index (χ0n) is 21.7. The summed E-state index contributed by atoms with van der Waals surface area (Å²) in [5.74, 6) is -3.92. The SMILES string of the molecule is O=C(Nc1ccc(Cl)cc1N1CCN(CCC(F)(F)F)CC1)c1ccc(CNC(=O)[C@H]2CCCNC2)c(F)c1F. The van der Waals surface area contributed by atoms with Crippen molar-refractivity contribution in [1.29, 1.82) is 0 Å². The minimum atomic E-state index is -4.23. The van der Waals surface area contributed by atoms with Crippen molar-refractivity contribution in [2.24, 2.45) is 5.92 Å². The second-order valence-corrected chi connectivity index (χ2v) is 10.4. The summed E-state index contributed by atoms with van der Waals surface area (Å²) in [5, 5.41) is 8.73. The van der Waals surface area contributed by atoms with Gasteiger partial charge in [0.05, 0.1) is 29.3 Å². The summed E-state index contributed by atoms with van der Waals surface area (Å²) in [4.78, 5) is 28.9. The van der Waals surface area contributed by atoms with E-state index in [4.69, 9.17) is 11.6 Å². The number of benzene rings is 2. The van der Waals surface area contributed by atoms with Gasteiger partial charge in [-0.15, -0.1) is 0 Å². The van der Waals surface area contributed by atoms with Gasteiger partial charge in [0, 0.05) is 56.4 Å². The van der Waals surface area contributed by atoms with Crippen LogP contribution in [0.5, 0.6) is 0 Å². The van der Waals surface area contributed by atoms with Gasteiger partial charge in [-0.2, -0.15) is 13.2 Å². The fourth-order valence-corrected chi connectivity index (χ4v) is 5.03. The molecule has 2 aromatic carbocycles. The minimum Gasteiger partial charge on any atom is -0.367 e. The van der Waals surface area contributed by atoms with Gasteiger partial charge in [-0.3, -0.25) is 14.5 Å². The quantitative estimate of drug-likeness (QED) is 0.395. The Kier molecular flexibility index (Phi) is 9.85. The molecule has 0 radical (unpaired) electrons. The number of nitrogens with zero attached hydrogens (tertiary/aromatic N) is 2. The Morgan fingerprint density at radius 2 is 1.80 bits per heavy atom. The van der Waals surface area contributed by atoms with Crippen molar-refractivity contribution < 1.29 is 31.5 Å². The number of alkyl halides is 3. The average Bonchev–Trinajstić information content (AvgIpc) is 2.94. The molecule has 2 aliphatic rings. The number of carbonyl (C=O) groups is 2. The van der Waals surface area contributed by atoms with Crippen LogP contribution in [-0.4, -0.2) is 68.7 Å². The number of hydrogen-bond donors (Lipinski definition) is 3. The molecule has 2 heterocycles. The number of halogens is 6. The first-order valence-corrected chi connectivity index (χ1v) is 13.5. The second-order valence-electron chi connectivity index (χ2n) is 9.97. The summed E-state index contributed by atoms with van der Waals surface area (Å²) in [6, 6.07) is 7.09.